The van der Waals surface area contributed by atoms with Crippen molar-refractivity contribution in [2.24, 2.45) is 0 Å². The summed E-state index contributed by atoms with van der Waals surface area (Å²) in [5.41, 5.74) is 6.87. The van der Waals surface area contributed by atoms with Crippen LogP contribution in [0.2, 0.25) is 0 Å². The number of aryl methyl sites for hydroxylation is 1. The van der Waals surface area contributed by atoms with Crippen LogP contribution in [-0.4, -0.2) is 10.2 Å². The highest BCUT2D eigenvalue weighted by Crippen LogP contribution is 2.39. The number of hydrogen-bond acceptors (Lipinski definition) is 3. The number of halogens is 2. The van der Waals surface area contributed by atoms with Gasteiger partial charge in [-0.3, -0.25) is 5.10 Å². The van der Waals surface area contributed by atoms with E-state index in [1.165, 1.54) is 23.5 Å². The van der Waals surface area contributed by atoms with Gasteiger partial charge in [-0.2, -0.15) is 5.10 Å². The third-order valence-corrected chi connectivity index (χ3v) is 3.98. The van der Waals surface area contributed by atoms with Gasteiger partial charge in [0.1, 0.15) is 11.6 Å². The molecule has 0 bridgehead atoms. The Morgan fingerprint density at radius 3 is 2.70 bits per heavy atom. The molecular weight excluding hydrogens is 280 g/mol. The van der Waals surface area contributed by atoms with Crippen molar-refractivity contribution in [3.8, 4) is 21.7 Å². The third kappa shape index (κ3) is 1.89. The zero-order chi connectivity index (χ0) is 14.3. The quantitative estimate of drug-likeness (QED) is 0.750. The molecule has 0 fully saturated rings. The van der Waals surface area contributed by atoms with E-state index >= 15 is 0 Å². The predicted molar refractivity (Wildman–Crippen MR) is 76.4 cm³/mol. The molecule has 0 radical (unpaired) electrons. The number of nitrogens with two attached hydrogens (primary N) is 1. The van der Waals surface area contributed by atoms with Gasteiger partial charge in [0.05, 0.1) is 16.8 Å². The zero-order valence-electron chi connectivity index (χ0n) is 10.6. The van der Waals surface area contributed by atoms with E-state index in [9.17, 15) is 8.78 Å². The molecule has 1 aromatic carbocycles. The molecule has 0 saturated heterocycles. The number of nitrogens with one attached hydrogen (secondary N) is 1. The Balaban J connectivity index is 2.30. The second kappa shape index (κ2) is 4.72. The van der Waals surface area contributed by atoms with Crippen molar-refractivity contribution in [2.45, 2.75) is 6.92 Å². The summed E-state index contributed by atoms with van der Waals surface area (Å²) in [6.07, 6.45) is 0. The number of anilines is 1. The van der Waals surface area contributed by atoms with Crippen molar-refractivity contribution in [2.75, 3.05) is 5.73 Å². The average Bonchev–Trinajstić information content (AvgIpc) is 3.04. The molecule has 2 heterocycles. The van der Waals surface area contributed by atoms with Crippen molar-refractivity contribution in [3.05, 3.63) is 46.8 Å². The minimum absolute atomic E-state index is 0.127. The van der Waals surface area contributed by atoms with E-state index in [2.05, 4.69) is 10.2 Å². The van der Waals surface area contributed by atoms with Crippen LogP contribution in [0.1, 0.15) is 5.56 Å². The Kier molecular flexibility index (Phi) is 3.02. The molecule has 102 valence electrons. The molecule has 0 atom stereocenters. The Hall–Kier alpha value is -2.21. The SMILES string of the molecule is Cc1ccc(F)c(-c2[nH]nc(N)c2-c2cccs2)c1F. The number of nitrogen functional groups attached to an aromatic ring is 1. The lowest BCUT2D eigenvalue weighted by Crippen LogP contribution is -1.95. The van der Waals surface area contributed by atoms with Gasteiger partial charge in [-0.05, 0) is 30.0 Å². The molecule has 3 N–H and O–H groups in total. The normalized spacial score (nSPS) is 10.9. The first kappa shape index (κ1) is 12.8. The van der Waals surface area contributed by atoms with Crippen LogP contribution < -0.4 is 5.73 Å². The van der Waals surface area contributed by atoms with Gasteiger partial charge in [-0.1, -0.05) is 12.1 Å². The predicted octanol–water partition coefficient (Wildman–Crippen LogP) is 3.97. The Labute approximate surface area is 118 Å². The van der Waals surface area contributed by atoms with Crippen LogP contribution in [0.15, 0.2) is 29.6 Å². The van der Waals surface area contributed by atoms with Crippen molar-refractivity contribution in [1.29, 1.82) is 0 Å². The van der Waals surface area contributed by atoms with E-state index in [0.29, 0.717) is 11.1 Å². The van der Waals surface area contributed by atoms with Gasteiger partial charge in [0.15, 0.2) is 5.82 Å². The second-order valence-electron chi connectivity index (χ2n) is 4.39. The Morgan fingerprint density at radius 1 is 1.20 bits per heavy atom. The van der Waals surface area contributed by atoms with Gasteiger partial charge in [-0.25, -0.2) is 8.78 Å². The van der Waals surface area contributed by atoms with Crippen LogP contribution in [0.3, 0.4) is 0 Å². The highest BCUT2D eigenvalue weighted by Gasteiger charge is 2.22. The van der Waals surface area contributed by atoms with Crippen LogP contribution in [0.25, 0.3) is 21.7 Å². The van der Waals surface area contributed by atoms with E-state index in [4.69, 9.17) is 5.73 Å². The maximum Gasteiger partial charge on any atom is 0.154 e. The van der Waals surface area contributed by atoms with Crippen molar-refractivity contribution >= 4 is 17.2 Å². The first-order valence-corrected chi connectivity index (χ1v) is 6.80. The molecule has 3 nitrogen and oxygen atoms in total. The highest BCUT2D eigenvalue weighted by atomic mass is 32.1. The molecule has 0 aliphatic carbocycles. The maximum absolute atomic E-state index is 14.3. The van der Waals surface area contributed by atoms with Gasteiger partial charge >= 0.3 is 0 Å². The number of H-pyrrole nitrogens is 1. The van der Waals surface area contributed by atoms with Crippen LogP contribution in [0, 0.1) is 18.6 Å². The second-order valence-corrected chi connectivity index (χ2v) is 5.34. The fourth-order valence-electron chi connectivity index (χ4n) is 2.09. The van der Waals surface area contributed by atoms with Gasteiger partial charge in [0.2, 0.25) is 0 Å². The molecule has 6 heteroatoms. The topological polar surface area (TPSA) is 54.7 Å². The average molecular weight is 291 g/mol. The standard InChI is InChI=1S/C14H11F2N3S/c1-7-4-5-8(15)10(12(7)16)13-11(14(17)19-18-13)9-3-2-6-20-9/h2-6H,1H3,(H3,17,18,19). The number of benzene rings is 1. The molecule has 3 rings (SSSR count). The summed E-state index contributed by atoms with van der Waals surface area (Å²) in [6, 6.07) is 6.32. The van der Waals surface area contributed by atoms with Crippen LogP contribution in [0.4, 0.5) is 14.6 Å². The molecular formula is C14H11F2N3S. The third-order valence-electron chi connectivity index (χ3n) is 3.10. The lowest BCUT2D eigenvalue weighted by molar-refractivity contribution is 0.583. The molecule has 20 heavy (non-hydrogen) atoms. The summed E-state index contributed by atoms with van der Waals surface area (Å²) in [4.78, 5) is 0.812. The Bertz CT molecular complexity index is 763. The molecule has 3 aromatic rings. The Morgan fingerprint density at radius 2 is 2.00 bits per heavy atom. The number of rotatable bonds is 2. The summed E-state index contributed by atoms with van der Waals surface area (Å²) < 4.78 is 28.3. The smallest absolute Gasteiger partial charge is 0.154 e. The van der Waals surface area contributed by atoms with Gasteiger partial charge in [0, 0.05) is 4.88 Å². The van der Waals surface area contributed by atoms with E-state index in [0.717, 1.165) is 4.88 Å². The van der Waals surface area contributed by atoms with Gasteiger partial charge in [0.25, 0.3) is 0 Å². The molecule has 0 aliphatic heterocycles. The zero-order valence-corrected chi connectivity index (χ0v) is 11.4. The first-order chi connectivity index (χ1) is 9.59. The van der Waals surface area contributed by atoms with E-state index in [1.807, 2.05) is 17.5 Å². The number of aromatic amines is 1. The lowest BCUT2D eigenvalue weighted by Gasteiger charge is -2.07. The molecule has 0 spiro atoms. The summed E-state index contributed by atoms with van der Waals surface area (Å²) >= 11 is 1.43. The highest BCUT2D eigenvalue weighted by molar-refractivity contribution is 7.13. The van der Waals surface area contributed by atoms with Crippen LogP contribution in [-0.2, 0) is 0 Å². The van der Waals surface area contributed by atoms with Crippen molar-refractivity contribution in [3.63, 3.8) is 0 Å². The molecule has 2 aromatic heterocycles. The molecule has 0 unspecified atom stereocenters. The molecule has 0 amide bonds. The van der Waals surface area contributed by atoms with Crippen molar-refractivity contribution < 1.29 is 8.78 Å². The van der Waals surface area contributed by atoms with Gasteiger partial charge in [-0.15, -0.1) is 11.3 Å². The van der Waals surface area contributed by atoms with Gasteiger partial charge < -0.3 is 5.73 Å². The lowest BCUT2D eigenvalue weighted by atomic mass is 10.0. The van der Waals surface area contributed by atoms with E-state index in [-0.39, 0.29) is 17.1 Å². The number of aromatic nitrogens is 2. The minimum atomic E-state index is -0.644. The van der Waals surface area contributed by atoms with Crippen molar-refractivity contribution in [1.82, 2.24) is 10.2 Å². The van der Waals surface area contributed by atoms with Crippen LogP contribution in [0.5, 0.6) is 0 Å². The number of hydrogen-bond donors (Lipinski definition) is 2. The monoisotopic (exact) mass is 291 g/mol. The summed E-state index contributed by atoms with van der Waals surface area (Å²) in [5, 5.41) is 8.40. The number of nitrogens with zero attached hydrogens (tertiary/aromatic N) is 1. The van der Waals surface area contributed by atoms with E-state index < -0.39 is 11.6 Å². The molecule has 0 aliphatic rings. The first-order valence-electron chi connectivity index (χ1n) is 5.92. The summed E-state index contributed by atoms with van der Waals surface area (Å²) in [6.45, 7) is 1.59. The fraction of sp³-hybridized carbons (Fsp3) is 0.0714. The van der Waals surface area contributed by atoms with Crippen LogP contribution >= 0.6 is 11.3 Å². The molecule has 0 saturated carbocycles. The minimum Gasteiger partial charge on any atom is -0.382 e. The summed E-state index contributed by atoms with van der Waals surface area (Å²) in [7, 11) is 0. The largest absolute Gasteiger partial charge is 0.382 e. The van der Waals surface area contributed by atoms with E-state index in [1.54, 1.807) is 6.92 Å². The number of thiophene rings is 1. The maximum atomic E-state index is 14.3. The fourth-order valence-corrected chi connectivity index (χ4v) is 2.88. The summed E-state index contributed by atoms with van der Waals surface area (Å²) in [5.74, 6) is -1.02.